The summed E-state index contributed by atoms with van der Waals surface area (Å²) in [6.45, 7) is 1.97. The van der Waals surface area contributed by atoms with Gasteiger partial charge in [-0.05, 0) is 37.3 Å². The second kappa shape index (κ2) is 6.14. The summed E-state index contributed by atoms with van der Waals surface area (Å²) in [6, 6.07) is 14.3. The number of anilines is 1. The van der Waals surface area contributed by atoms with Crippen LogP contribution < -0.4 is 14.8 Å². The summed E-state index contributed by atoms with van der Waals surface area (Å²) in [5.41, 5.74) is 1.94. The number of rotatable bonds is 3. The third-order valence-corrected chi connectivity index (χ3v) is 4.00. The van der Waals surface area contributed by atoms with Crippen molar-refractivity contribution < 1.29 is 14.3 Å². The SMILES string of the molecule is Cc1cc(NC(=O)c2cccc3c2OCO3)n(-c2cccc(Cl)c2)n1. The van der Waals surface area contributed by atoms with Gasteiger partial charge in [-0.2, -0.15) is 5.10 Å². The summed E-state index contributed by atoms with van der Waals surface area (Å²) >= 11 is 6.06. The lowest BCUT2D eigenvalue weighted by Crippen LogP contribution is -2.15. The van der Waals surface area contributed by atoms with E-state index in [0.29, 0.717) is 27.9 Å². The molecule has 1 aliphatic rings. The molecule has 0 radical (unpaired) electrons. The van der Waals surface area contributed by atoms with Crippen LogP contribution in [0.5, 0.6) is 11.5 Å². The molecule has 0 saturated heterocycles. The van der Waals surface area contributed by atoms with Crippen LogP contribution >= 0.6 is 11.6 Å². The Hall–Kier alpha value is -2.99. The van der Waals surface area contributed by atoms with E-state index in [1.807, 2.05) is 19.1 Å². The van der Waals surface area contributed by atoms with E-state index in [2.05, 4.69) is 10.4 Å². The first-order valence-electron chi connectivity index (χ1n) is 7.64. The highest BCUT2D eigenvalue weighted by Gasteiger charge is 2.22. The van der Waals surface area contributed by atoms with Crippen molar-refractivity contribution in [1.29, 1.82) is 0 Å². The molecule has 1 aromatic heterocycles. The Bertz CT molecular complexity index is 968. The second-order valence-corrected chi connectivity index (χ2v) is 5.99. The van der Waals surface area contributed by atoms with Gasteiger partial charge in [-0.25, -0.2) is 4.68 Å². The summed E-state index contributed by atoms with van der Waals surface area (Å²) in [5.74, 6) is 1.25. The van der Waals surface area contributed by atoms with Crippen LogP contribution in [0.4, 0.5) is 5.82 Å². The Morgan fingerprint density at radius 2 is 2.04 bits per heavy atom. The molecule has 0 unspecified atom stereocenters. The van der Waals surface area contributed by atoms with Gasteiger partial charge in [0.1, 0.15) is 5.82 Å². The number of nitrogens with zero attached hydrogens (tertiary/aromatic N) is 2. The molecule has 0 bridgehead atoms. The van der Waals surface area contributed by atoms with Crippen molar-refractivity contribution in [2.75, 3.05) is 12.1 Å². The maximum Gasteiger partial charge on any atom is 0.260 e. The molecule has 0 aliphatic carbocycles. The highest BCUT2D eigenvalue weighted by atomic mass is 35.5. The molecule has 7 heteroatoms. The standard InChI is InChI=1S/C18H14ClN3O3/c1-11-8-16(22(21-11)13-5-2-4-12(19)9-13)20-18(23)14-6-3-7-15-17(14)25-10-24-15/h2-9H,10H2,1H3,(H,20,23). The van der Waals surface area contributed by atoms with Gasteiger partial charge in [-0.3, -0.25) is 4.79 Å². The van der Waals surface area contributed by atoms with Crippen molar-refractivity contribution in [3.05, 3.63) is 64.8 Å². The summed E-state index contributed by atoms with van der Waals surface area (Å²) in [6.07, 6.45) is 0. The van der Waals surface area contributed by atoms with Crippen LogP contribution in [0.15, 0.2) is 48.5 Å². The number of nitrogens with one attached hydrogen (secondary N) is 1. The molecule has 1 amide bonds. The monoisotopic (exact) mass is 355 g/mol. The third-order valence-electron chi connectivity index (χ3n) is 3.77. The second-order valence-electron chi connectivity index (χ2n) is 5.56. The normalized spacial score (nSPS) is 12.2. The summed E-state index contributed by atoms with van der Waals surface area (Å²) < 4.78 is 12.4. The van der Waals surface area contributed by atoms with E-state index in [-0.39, 0.29) is 12.7 Å². The molecule has 1 N–H and O–H groups in total. The van der Waals surface area contributed by atoms with E-state index in [9.17, 15) is 4.79 Å². The minimum absolute atomic E-state index is 0.110. The van der Waals surface area contributed by atoms with Gasteiger partial charge in [0.2, 0.25) is 6.79 Å². The first-order valence-corrected chi connectivity index (χ1v) is 8.02. The first kappa shape index (κ1) is 15.5. The summed E-state index contributed by atoms with van der Waals surface area (Å²) in [4.78, 5) is 12.7. The van der Waals surface area contributed by atoms with Crippen LogP contribution in [0, 0.1) is 6.92 Å². The van der Waals surface area contributed by atoms with E-state index < -0.39 is 0 Å². The maximum absolute atomic E-state index is 12.7. The lowest BCUT2D eigenvalue weighted by molar-refractivity contribution is 0.102. The lowest BCUT2D eigenvalue weighted by atomic mass is 10.1. The highest BCUT2D eigenvalue weighted by Crippen LogP contribution is 2.35. The molecule has 4 rings (SSSR count). The topological polar surface area (TPSA) is 65.4 Å². The Morgan fingerprint density at radius 1 is 1.20 bits per heavy atom. The number of halogens is 1. The number of fused-ring (bicyclic) bond motifs is 1. The van der Waals surface area contributed by atoms with Crippen LogP contribution in [0.3, 0.4) is 0 Å². The van der Waals surface area contributed by atoms with E-state index in [1.54, 1.807) is 41.1 Å². The van der Waals surface area contributed by atoms with E-state index >= 15 is 0 Å². The number of hydrogen-bond donors (Lipinski definition) is 1. The van der Waals surface area contributed by atoms with Crippen LogP contribution in [-0.4, -0.2) is 22.5 Å². The number of amides is 1. The van der Waals surface area contributed by atoms with Gasteiger partial charge in [-0.1, -0.05) is 23.7 Å². The zero-order valence-corrected chi connectivity index (χ0v) is 14.1. The molecule has 25 heavy (non-hydrogen) atoms. The fourth-order valence-electron chi connectivity index (χ4n) is 2.69. The van der Waals surface area contributed by atoms with Crippen molar-refractivity contribution >= 4 is 23.3 Å². The average Bonchev–Trinajstić information content (AvgIpc) is 3.20. The number of hydrogen-bond acceptors (Lipinski definition) is 4. The van der Waals surface area contributed by atoms with Gasteiger partial charge in [0.25, 0.3) is 5.91 Å². The van der Waals surface area contributed by atoms with Gasteiger partial charge in [0, 0.05) is 11.1 Å². The Kier molecular flexibility index (Phi) is 3.82. The molecule has 3 aromatic rings. The van der Waals surface area contributed by atoms with Crippen LogP contribution in [0.2, 0.25) is 5.02 Å². The summed E-state index contributed by atoms with van der Waals surface area (Å²) in [7, 11) is 0. The fraction of sp³-hybridized carbons (Fsp3) is 0.111. The number of benzene rings is 2. The molecule has 2 aromatic carbocycles. The van der Waals surface area contributed by atoms with Gasteiger partial charge in [0.05, 0.1) is 16.9 Å². The number of ether oxygens (including phenoxy) is 2. The molecular formula is C18H14ClN3O3. The minimum atomic E-state index is -0.300. The Labute approximate surface area is 148 Å². The van der Waals surface area contributed by atoms with Crippen LogP contribution in [0.25, 0.3) is 5.69 Å². The van der Waals surface area contributed by atoms with Crippen molar-refractivity contribution in [3.63, 3.8) is 0 Å². The van der Waals surface area contributed by atoms with E-state index in [1.165, 1.54) is 0 Å². The number of aromatic nitrogens is 2. The predicted octanol–water partition coefficient (Wildman–Crippen LogP) is 3.82. The highest BCUT2D eigenvalue weighted by molar-refractivity contribution is 6.30. The molecule has 0 atom stereocenters. The smallest absolute Gasteiger partial charge is 0.260 e. The molecule has 0 fully saturated rings. The summed E-state index contributed by atoms with van der Waals surface area (Å²) in [5, 5.41) is 7.90. The predicted molar refractivity (Wildman–Crippen MR) is 93.8 cm³/mol. The van der Waals surface area contributed by atoms with Crippen LogP contribution in [0.1, 0.15) is 16.1 Å². The number of aryl methyl sites for hydroxylation is 1. The molecule has 2 heterocycles. The largest absolute Gasteiger partial charge is 0.454 e. The Balaban J connectivity index is 1.68. The Morgan fingerprint density at radius 3 is 2.88 bits per heavy atom. The van der Waals surface area contributed by atoms with Gasteiger partial charge >= 0.3 is 0 Å². The number of para-hydroxylation sites is 1. The van der Waals surface area contributed by atoms with Crippen molar-refractivity contribution in [2.24, 2.45) is 0 Å². The first-order chi connectivity index (χ1) is 12.1. The van der Waals surface area contributed by atoms with E-state index in [0.717, 1.165) is 11.4 Å². The molecule has 1 aliphatic heterocycles. The van der Waals surface area contributed by atoms with Crippen LogP contribution in [-0.2, 0) is 0 Å². The quantitative estimate of drug-likeness (QED) is 0.775. The number of carbonyl (C=O) groups excluding carboxylic acids is 1. The molecule has 126 valence electrons. The van der Waals surface area contributed by atoms with Crippen molar-refractivity contribution in [3.8, 4) is 17.2 Å². The van der Waals surface area contributed by atoms with Gasteiger partial charge < -0.3 is 14.8 Å². The van der Waals surface area contributed by atoms with Gasteiger partial charge in [-0.15, -0.1) is 0 Å². The van der Waals surface area contributed by atoms with E-state index in [4.69, 9.17) is 21.1 Å². The fourth-order valence-corrected chi connectivity index (χ4v) is 2.87. The minimum Gasteiger partial charge on any atom is -0.454 e. The molecule has 0 spiro atoms. The van der Waals surface area contributed by atoms with Crippen molar-refractivity contribution in [1.82, 2.24) is 9.78 Å². The van der Waals surface area contributed by atoms with Crippen molar-refractivity contribution in [2.45, 2.75) is 6.92 Å². The molecule has 6 nitrogen and oxygen atoms in total. The maximum atomic E-state index is 12.7. The average molecular weight is 356 g/mol. The zero-order chi connectivity index (χ0) is 17.4. The molecular weight excluding hydrogens is 342 g/mol. The lowest BCUT2D eigenvalue weighted by Gasteiger charge is -2.10. The molecule has 0 saturated carbocycles. The zero-order valence-electron chi connectivity index (χ0n) is 13.3. The number of carbonyl (C=O) groups is 1. The third kappa shape index (κ3) is 2.92. The van der Waals surface area contributed by atoms with Gasteiger partial charge in [0.15, 0.2) is 11.5 Å².